The van der Waals surface area contributed by atoms with Crippen molar-refractivity contribution < 1.29 is 13.7 Å². The van der Waals surface area contributed by atoms with Crippen molar-refractivity contribution in [1.82, 2.24) is 15.0 Å². The largest absolute Gasteiger partial charge is 0.472 e. The number of aromatic nitrogens is 2. The maximum absolute atomic E-state index is 5.91. The molecule has 2 atom stereocenters. The molecule has 4 heterocycles. The van der Waals surface area contributed by atoms with Crippen LogP contribution in [0.15, 0.2) is 27.5 Å². The average Bonchev–Trinajstić information content (AvgIpc) is 3.17. The predicted octanol–water partition coefficient (Wildman–Crippen LogP) is 2.26. The molecule has 2 fully saturated rings. The van der Waals surface area contributed by atoms with E-state index in [-0.39, 0.29) is 6.10 Å². The molecule has 2 aromatic heterocycles. The number of hydrogen-bond acceptors (Lipinski definition) is 6. The number of ether oxygens (including phenoxy) is 1. The van der Waals surface area contributed by atoms with Crippen molar-refractivity contribution in [2.45, 2.75) is 31.4 Å². The second kappa shape index (κ2) is 5.03. The van der Waals surface area contributed by atoms with Gasteiger partial charge < -0.3 is 13.7 Å². The van der Waals surface area contributed by atoms with E-state index in [0.717, 1.165) is 25.3 Å². The van der Waals surface area contributed by atoms with E-state index < -0.39 is 0 Å². The minimum atomic E-state index is -0.0891. The maximum Gasteiger partial charge on any atom is 0.261 e. The number of piperidine rings is 1. The summed E-state index contributed by atoms with van der Waals surface area (Å²) in [4.78, 5) is 6.92. The second-order valence-corrected chi connectivity index (χ2v) is 5.44. The summed E-state index contributed by atoms with van der Waals surface area (Å²) in [5, 5.41) is 4.05. The number of hydrogen-bond donors (Lipinski definition) is 0. The van der Waals surface area contributed by atoms with Gasteiger partial charge in [-0.05, 0) is 25.5 Å². The molecule has 6 nitrogen and oxygen atoms in total. The molecule has 2 saturated heterocycles. The molecule has 0 aromatic carbocycles. The Labute approximate surface area is 116 Å². The summed E-state index contributed by atoms with van der Waals surface area (Å²) >= 11 is 0. The third-order valence-electron chi connectivity index (χ3n) is 4.14. The van der Waals surface area contributed by atoms with Gasteiger partial charge in [0.05, 0.1) is 18.4 Å². The molecule has 0 N–H and O–H groups in total. The SMILES string of the molecule is c1cc(-c2nc([C@@H]3CN4CCCC[C@@H]4CO3)no2)co1. The first kappa shape index (κ1) is 12.1. The fourth-order valence-electron chi connectivity index (χ4n) is 3.01. The van der Waals surface area contributed by atoms with Crippen molar-refractivity contribution in [1.29, 1.82) is 0 Å². The topological polar surface area (TPSA) is 64.5 Å². The first-order valence-electron chi connectivity index (χ1n) is 7.12. The Bertz CT molecular complexity index is 566. The molecule has 20 heavy (non-hydrogen) atoms. The molecule has 0 unspecified atom stereocenters. The van der Waals surface area contributed by atoms with Gasteiger partial charge in [-0.15, -0.1) is 0 Å². The Morgan fingerprint density at radius 1 is 1.30 bits per heavy atom. The van der Waals surface area contributed by atoms with E-state index in [2.05, 4.69) is 15.0 Å². The van der Waals surface area contributed by atoms with Gasteiger partial charge in [0.25, 0.3) is 5.89 Å². The van der Waals surface area contributed by atoms with E-state index >= 15 is 0 Å². The van der Waals surface area contributed by atoms with Crippen LogP contribution in [0.3, 0.4) is 0 Å². The van der Waals surface area contributed by atoms with Gasteiger partial charge in [-0.1, -0.05) is 11.6 Å². The van der Waals surface area contributed by atoms with E-state index in [1.807, 2.05) is 0 Å². The van der Waals surface area contributed by atoms with Gasteiger partial charge in [-0.2, -0.15) is 4.98 Å². The zero-order valence-electron chi connectivity index (χ0n) is 11.2. The molecule has 106 valence electrons. The van der Waals surface area contributed by atoms with Gasteiger partial charge in [-0.3, -0.25) is 4.90 Å². The van der Waals surface area contributed by atoms with Gasteiger partial charge in [0.2, 0.25) is 5.82 Å². The molecule has 0 aliphatic carbocycles. The second-order valence-electron chi connectivity index (χ2n) is 5.44. The zero-order valence-corrected chi connectivity index (χ0v) is 11.2. The van der Waals surface area contributed by atoms with Crippen LogP contribution in [0.25, 0.3) is 11.5 Å². The van der Waals surface area contributed by atoms with Crippen molar-refractivity contribution in [3.8, 4) is 11.5 Å². The van der Waals surface area contributed by atoms with E-state index in [1.165, 1.54) is 19.3 Å². The molecule has 2 aliphatic heterocycles. The molecule has 0 spiro atoms. The molecule has 2 aromatic rings. The predicted molar refractivity (Wildman–Crippen MR) is 69.9 cm³/mol. The van der Waals surface area contributed by atoms with Gasteiger partial charge in [0.15, 0.2) is 0 Å². The molecule has 0 radical (unpaired) electrons. The molecule has 0 bridgehead atoms. The maximum atomic E-state index is 5.91. The molecular weight excluding hydrogens is 258 g/mol. The van der Waals surface area contributed by atoms with Crippen LogP contribution in [0, 0.1) is 0 Å². The highest BCUT2D eigenvalue weighted by Gasteiger charge is 2.33. The van der Waals surface area contributed by atoms with Crippen LogP contribution >= 0.6 is 0 Å². The highest BCUT2D eigenvalue weighted by atomic mass is 16.5. The van der Waals surface area contributed by atoms with Crippen molar-refractivity contribution >= 4 is 0 Å². The van der Waals surface area contributed by atoms with Gasteiger partial charge in [0.1, 0.15) is 12.4 Å². The third-order valence-corrected chi connectivity index (χ3v) is 4.14. The van der Waals surface area contributed by atoms with Crippen molar-refractivity contribution in [3.05, 3.63) is 24.4 Å². The number of fused-ring (bicyclic) bond motifs is 1. The minimum absolute atomic E-state index is 0.0891. The summed E-state index contributed by atoms with van der Waals surface area (Å²) in [6.45, 7) is 2.77. The van der Waals surface area contributed by atoms with Gasteiger partial charge in [0, 0.05) is 12.6 Å². The fraction of sp³-hybridized carbons (Fsp3) is 0.571. The van der Waals surface area contributed by atoms with E-state index in [0.29, 0.717) is 17.8 Å². The van der Waals surface area contributed by atoms with Crippen LogP contribution in [-0.2, 0) is 4.74 Å². The van der Waals surface area contributed by atoms with Gasteiger partial charge in [-0.25, -0.2) is 0 Å². The van der Waals surface area contributed by atoms with E-state index in [4.69, 9.17) is 13.7 Å². The normalized spacial score (nSPS) is 27.4. The van der Waals surface area contributed by atoms with Crippen LogP contribution < -0.4 is 0 Å². The number of morpholine rings is 1. The summed E-state index contributed by atoms with van der Waals surface area (Å²) in [7, 11) is 0. The number of rotatable bonds is 2. The summed E-state index contributed by atoms with van der Waals surface area (Å²) < 4.78 is 16.2. The first-order valence-corrected chi connectivity index (χ1v) is 7.12. The lowest BCUT2D eigenvalue weighted by Crippen LogP contribution is -2.49. The first-order chi connectivity index (χ1) is 9.90. The molecule has 6 heteroatoms. The minimum Gasteiger partial charge on any atom is -0.472 e. The molecule has 2 aliphatic rings. The van der Waals surface area contributed by atoms with E-state index in [9.17, 15) is 0 Å². The monoisotopic (exact) mass is 275 g/mol. The Morgan fingerprint density at radius 2 is 2.30 bits per heavy atom. The van der Waals surface area contributed by atoms with Gasteiger partial charge >= 0.3 is 0 Å². The highest BCUT2D eigenvalue weighted by molar-refractivity contribution is 5.49. The van der Waals surface area contributed by atoms with Crippen LogP contribution in [0.2, 0.25) is 0 Å². The highest BCUT2D eigenvalue weighted by Crippen LogP contribution is 2.29. The van der Waals surface area contributed by atoms with Crippen LogP contribution in [0.5, 0.6) is 0 Å². The molecule has 0 saturated carbocycles. The van der Waals surface area contributed by atoms with Crippen molar-refractivity contribution in [2.75, 3.05) is 19.7 Å². The lowest BCUT2D eigenvalue weighted by molar-refractivity contribution is -0.0805. The Kier molecular flexibility index (Phi) is 3.05. The van der Waals surface area contributed by atoms with Crippen molar-refractivity contribution in [3.63, 3.8) is 0 Å². The zero-order chi connectivity index (χ0) is 13.4. The lowest BCUT2D eigenvalue weighted by Gasteiger charge is -2.41. The molecule has 0 amide bonds. The van der Waals surface area contributed by atoms with Crippen molar-refractivity contribution in [2.24, 2.45) is 0 Å². The smallest absolute Gasteiger partial charge is 0.261 e. The average molecular weight is 275 g/mol. The Balaban J connectivity index is 1.50. The standard InChI is InChI=1S/C14H17N3O3/c1-2-5-17-7-12(19-9-11(17)3-1)13-15-14(20-16-13)10-4-6-18-8-10/h4,6,8,11-12H,1-3,5,7,9H2/t11-,12+/m1/s1. The molecule has 4 rings (SSSR count). The number of furan rings is 1. The quantitative estimate of drug-likeness (QED) is 0.837. The van der Waals surface area contributed by atoms with Crippen LogP contribution in [-0.4, -0.2) is 40.8 Å². The lowest BCUT2D eigenvalue weighted by atomic mass is 10.0. The summed E-state index contributed by atoms with van der Waals surface area (Å²) in [6, 6.07) is 2.37. The third kappa shape index (κ3) is 2.14. The Morgan fingerprint density at radius 3 is 3.20 bits per heavy atom. The van der Waals surface area contributed by atoms with Crippen LogP contribution in [0.1, 0.15) is 31.2 Å². The van der Waals surface area contributed by atoms with Crippen LogP contribution in [0.4, 0.5) is 0 Å². The summed E-state index contributed by atoms with van der Waals surface area (Å²) in [6.07, 6.45) is 6.92. The van der Waals surface area contributed by atoms with E-state index in [1.54, 1.807) is 18.6 Å². The number of nitrogens with zero attached hydrogens (tertiary/aromatic N) is 3. The fourth-order valence-corrected chi connectivity index (χ4v) is 3.01. The summed E-state index contributed by atoms with van der Waals surface area (Å²) in [5.41, 5.74) is 0.801. The Hall–Kier alpha value is -1.66. The summed E-state index contributed by atoms with van der Waals surface area (Å²) in [5.74, 6) is 1.11. The molecular formula is C14H17N3O3.